The summed E-state index contributed by atoms with van der Waals surface area (Å²) in [5, 5.41) is 3.68. The van der Waals surface area contributed by atoms with E-state index in [-0.39, 0.29) is 18.9 Å². The number of carbonyl (C=O) groups excluding carboxylic acids is 1. The summed E-state index contributed by atoms with van der Waals surface area (Å²) in [7, 11) is -3.56. The molecule has 0 radical (unpaired) electrons. The molecule has 3 rings (SSSR count). The lowest BCUT2D eigenvalue weighted by molar-refractivity contribution is -0.121. The maximum atomic E-state index is 12.4. The third kappa shape index (κ3) is 4.86. The van der Waals surface area contributed by atoms with E-state index in [0.717, 1.165) is 22.8 Å². The van der Waals surface area contributed by atoms with Gasteiger partial charge in [0.1, 0.15) is 0 Å². The Morgan fingerprint density at radius 1 is 1.07 bits per heavy atom. The smallest absolute Gasteiger partial charge is 0.232 e. The van der Waals surface area contributed by atoms with Gasteiger partial charge in [0.05, 0.1) is 17.5 Å². The molecule has 1 amide bonds. The Hall–Kier alpha value is -2.93. The highest BCUT2D eigenvalue weighted by Gasteiger charge is 2.21. The molecule has 0 spiro atoms. The summed E-state index contributed by atoms with van der Waals surface area (Å²) >= 11 is 0. The quantitative estimate of drug-likeness (QED) is 0.665. The van der Waals surface area contributed by atoms with Gasteiger partial charge in [0.25, 0.3) is 0 Å². The van der Waals surface area contributed by atoms with E-state index in [9.17, 15) is 13.2 Å². The summed E-state index contributed by atoms with van der Waals surface area (Å²) in [5.41, 5.74) is 3.22. The molecule has 7 heteroatoms. The molecule has 28 heavy (non-hydrogen) atoms. The number of nitrogens with one attached hydrogen (secondary N) is 1. The van der Waals surface area contributed by atoms with Crippen LogP contribution in [0.25, 0.3) is 10.9 Å². The average Bonchev–Trinajstić information content (AvgIpc) is 2.67. The number of sulfonamides is 1. The maximum Gasteiger partial charge on any atom is 0.232 e. The Bertz CT molecular complexity index is 1070. The lowest BCUT2D eigenvalue weighted by Crippen LogP contribution is -2.34. The van der Waals surface area contributed by atoms with Gasteiger partial charge < -0.3 is 5.32 Å². The van der Waals surface area contributed by atoms with Crippen molar-refractivity contribution in [2.24, 2.45) is 0 Å². The normalized spacial score (nSPS) is 11.4. The predicted octanol–water partition coefficient (Wildman–Crippen LogP) is 3.02. The minimum absolute atomic E-state index is 0.0499. The van der Waals surface area contributed by atoms with Crippen LogP contribution in [-0.2, 0) is 21.4 Å². The number of pyridine rings is 1. The zero-order valence-corrected chi connectivity index (χ0v) is 16.7. The van der Waals surface area contributed by atoms with Gasteiger partial charge in [-0.25, -0.2) is 8.42 Å². The Kier molecular flexibility index (Phi) is 5.94. The Labute approximate surface area is 165 Å². The number of benzene rings is 2. The van der Waals surface area contributed by atoms with Gasteiger partial charge in [-0.15, -0.1) is 0 Å². The highest BCUT2D eigenvalue weighted by molar-refractivity contribution is 7.92. The van der Waals surface area contributed by atoms with Crippen molar-refractivity contribution in [2.45, 2.75) is 19.9 Å². The van der Waals surface area contributed by atoms with Crippen molar-refractivity contribution >= 4 is 32.5 Å². The van der Waals surface area contributed by atoms with Gasteiger partial charge in [-0.3, -0.25) is 14.1 Å². The molecule has 0 unspecified atom stereocenters. The molecule has 0 bridgehead atoms. The average molecular weight is 398 g/mol. The fourth-order valence-corrected chi connectivity index (χ4v) is 3.88. The van der Waals surface area contributed by atoms with Crippen LogP contribution in [0.15, 0.2) is 60.8 Å². The molecule has 0 atom stereocenters. The summed E-state index contributed by atoms with van der Waals surface area (Å²) < 4.78 is 26.0. The van der Waals surface area contributed by atoms with E-state index in [1.165, 1.54) is 4.31 Å². The maximum absolute atomic E-state index is 12.4. The molecule has 0 aliphatic rings. The van der Waals surface area contributed by atoms with Gasteiger partial charge in [0, 0.05) is 31.1 Å². The number of aromatic nitrogens is 1. The first-order chi connectivity index (χ1) is 13.3. The molecule has 1 aromatic heterocycles. The molecule has 0 aliphatic heterocycles. The molecule has 1 N–H and O–H groups in total. The van der Waals surface area contributed by atoms with Crippen molar-refractivity contribution in [3.05, 3.63) is 71.9 Å². The summed E-state index contributed by atoms with van der Waals surface area (Å²) in [5.74, 6) is -0.206. The Balaban J connectivity index is 1.71. The summed E-state index contributed by atoms with van der Waals surface area (Å²) in [4.78, 5) is 16.6. The summed E-state index contributed by atoms with van der Waals surface area (Å²) in [6.45, 7) is 2.46. The first-order valence-corrected chi connectivity index (χ1v) is 10.8. The molecule has 2 aromatic carbocycles. The largest absolute Gasteiger partial charge is 0.352 e. The number of rotatable bonds is 7. The molecule has 1 heterocycles. The van der Waals surface area contributed by atoms with Crippen LogP contribution >= 0.6 is 0 Å². The van der Waals surface area contributed by atoms with Gasteiger partial charge in [-0.1, -0.05) is 48.0 Å². The number of hydrogen-bond donors (Lipinski definition) is 1. The molecule has 0 saturated carbocycles. The van der Waals surface area contributed by atoms with Crippen LogP contribution in [0, 0.1) is 6.92 Å². The number of carbonyl (C=O) groups is 1. The lowest BCUT2D eigenvalue weighted by Gasteiger charge is -2.23. The number of amides is 1. The first kappa shape index (κ1) is 19.8. The number of fused-ring (bicyclic) bond motifs is 1. The fourth-order valence-electron chi connectivity index (χ4n) is 2.95. The molecular weight excluding hydrogens is 374 g/mol. The molecule has 3 aromatic rings. The molecule has 0 saturated heterocycles. The number of para-hydroxylation sites is 1. The predicted molar refractivity (Wildman–Crippen MR) is 112 cm³/mol. The van der Waals surface area contributed by atoms with Crippen LogP contribution in [0.3, 0.4) is 0 Å². The van der Waals surface area contributed by atoms with E-state index in [4.69, 9.17) is 0 Å². The molecule has 0 fully saturated rings. The number of nitrogens with zero attached hydrogens (tertiary/aromatic N) is 2. The lowest BCUT2D eigenvalue weighted by atomic mass is 10.1. The number of anilines is 1. The van der Waals surface area contributed by atoms with Gasteiger partial charge in [-0.2, -0.15) is 0 Å². The second-order valence-corrected chi connectivity index (χ2v) is 8.61. The number of hydrogen-bond acceptors (Lipinski definition) is 4. The van der Waals surface area contributed by atoms with Gasteiger partial charge in [0.15, 0.2) is 0 Å². The molecule has 146 valence electrons. The SMILES string of the molecule is Cc1ccc(CNC(=O)CCN(c2cccc3cccnc23)S(C)(=O)=O)cc1. The van der Waals surface area contributed by atoms with Crippen molar-refractivity contribution in [3.8, 4) is 0 Å². The van der Waals surface area contributed by atoms with Crippen LogP contribution in [0.5, 0.6) is 0 Å². The van der Waals surface area contributed by atoms with Crippen LogP contribution in [0.1, 0.15) is 17.5 Å². The zero-order valence-electron chi connectivity index (χ0n) is 15.9. The van der Waals surface area contributed by atoms with Crippen molar-refractivity contribution in [2.75, 3.05) is 17.1 Å². The van der Waals surface area contributed by atoms with E-state index < -0.39 is 10.0 Å². The topological polar surface area (TPSA) is 79.4 Å². The second-order valence-electron chi connectivity index (χ2n) is 6.70. The van der Waals surface area contributed by atoms with E-state index in [1.807, 2.05) is 43.3 Å². The van der Waals surface area contributed by atoms with E-state index in [1.54, 1.807) is 24.4 Å². The van der Waals surface area contributed by atoms with Crippen molar-refractivity contribution in [1.82, 2.24) is 10.3 Å². The van der Waals surface area contributed by atoms with Gasteiger partial charge >= 0.3 is 0 Å². The first-order valence-electron chi connectivity index (χ1n) is 8.98. The third-order valence-corrected chi connectivity index (χ3v) is 5.61. The Morgan fingerprint density at radius 3 is 2.50 bits per heavy atom. The van der Waals surface area contributed by atoms with Crippen LogP contribution in [-0.4, -0.2) is 32.1 Å². The zero-order chi connectivity index (χ0) is 20.1. The van der Waals surface area contributed by atoms with Crippen LogP contribution in [0.2, 0.25) is 0 Å². The summed E-state index contributed by atoms with van der Waals surface area (Å²) in [6, 6.07) is 16.9. The van der Waals surface area contributed by atoms with Crippen molar-refractivity contribution in [1.29, 1.82) is 0 Å². The molecule has 0 aliphatic carbocycles. The molecule has 6 nitrogen and oxygen atoms in total. The Morgan fingerprint density at radius 2 is 1.79 bits per heavy atom. The monoisotopic (exact) mass is 397 g/mol. The van der Waals surface area contributed by atoms with E-state index in [0.29, 0.717) is 17.7 Å². The van der Waals surface area contributed by atoms with E-state index in [2.05, 4.69) is 10.3 Å². The van der Waals surface area contributed by atoms with Crippen molar-refractivity contribution in [3.63, 3.8) is 0 Å². The van der Waals surface area contributed by atoms with E-state index >= 15 is 0 Å². The van der Waals surface area contributed by atoms with Gasteiger partial charge in [0.2, 0.25) is 15.9 Å². The highest BCUT2D eigenvalue weighted by Crippen LogP contribution is 2.26. The minimum atomic E-state index is -3.56. The number of aryl methyl sites for hydroxylation is 1. The summed E-state index contributed by atoms with van der Waals surface area (Å²) in [6.07, 6.45) is 2.82. The standard InChI is InChI=1S/C21H23N3O3S/c1-16-8-10-17(11-9-16)15-23-20(25)12-14-24(28(2,26)27)19-7-3-5-18-6-4-13-22-21(18)19/h3-11,13H,12,14-15H2,1-2H3,(H,23,25). The van der Waals surface area contributed by atoms with Crippen LogP contribution in [0.4, 0.5) is 5.69 Å². The van der Waals surface area contributed by atoms with Crippen LogP contribution < -0.4 is 9.62 Å². The second kappa shape index (κ2) is 8.39. The minimum Gasteiger partial charge on any atom is -0.352 e. The van der Waals surface area contributed by atoms with Gasteiger partial charge in [-0.05, 0) is 24.6 Å². The highest BCUT2D eigenvalue weighted by atomic mass is 32.2. The third-order valence-electron chi connectivity index (χ3n) is 4.43. The molecular formula is C21H23N3O3S. The van der Waals surface area contributed by atoms with Crippen molar-refractivity contribution < 1.29 is 13.2 Å². The fraction of sp³-hybridized carbons (Fsp3) is 0.238.